The average molecular weight is 412 g/mol. The van der Waals surface area contributed by atoms with Gasteiger partial charge in [-0.1, -0.05) is 24.2 Å². The van der Waals surface area contributed by atoms with Gasteiger partial charge in [-0.25, -0.2) is 9.97 Å². The van der Waals surface area contributed by atoms with Gasteiger partial charge >= 0.3 is 0 Å². The molecule has 0 radical (unpaired) electrons. The number of benzene rings is 1. The zero-order valence-corrected chi connectivity index (χ0v) is 16.7. The fraction of sp³-hybridized carbons (Fsp3) is 0.333. The van der Waals surface area contributed by atoms with Crippen LogP contribution in [0, 0.1) is 0 Å². The third-order valence-corrected chi connectivity index (χ3v) is 5.63. The number of rotatable bonds is 5. The second-order valence-corrected chi connectivity index (χ2v) is 7.82. The molecule has 2 aromatic rings. The highest BCUT2D eigenvalue weighted by Crippen LogP contribution is 2.33. The van der Waals surface area contributed by atoms with E-state index in [2.05, 4.69) is 27.2 Å². The molecule has 2 N–H and O–H groups in total. The van der Waals surface area contributed by atoms with E-state index in [0.29, 0.717) is 28.8 Å². The Bertz CT molecular complexity index is 947. The van der Waals surface area contributed by atoms with Crippen LogP contribution in [0.15, 0.2) is 43.2 Å². The number of anilines is 2. The summed E-state index contributed by atoms with van der Waals surface area (Å²) in [5.74, 6) is 0.277. The number of fused-ring (bicyclic) bond motifs is 1. The molecule has 29 heavy (non-hydrogen) atoms. The zero-order chi connectivity index (χ0) is 20.4. The number of hydrogen-bond donors (Lipinski definition) is 2. The highest BCUT2D eigenvalue weighted by Gasteiger charge is 2.35. The Morgan fingerprint density at radius 2 is 2.07 bits per heavy atom. The zero-order valence-electron chi connectivity index (χ0n) is 15.9. The topological polar surface area (TPSA) is 87.2 Å². The van der Waals surface area contributed by atoms with E-state index in [9.17, 15) is 9.59 Å². The summed E-state index contributed by atoms with van der Waals surface area (Å²) in [7, 11) is 0. The highest BCUT2D eigenvalue weighted by atomic mass is 35.5. The minimum absolute atomic E-state index is 0.0168. The molecule has 7 nitrogen and oxygen atoms in total. The molecule has 0 unspecified atom stereocenters. The van der Waals surface area contributed by atoms with Crippen LogP contribution in [0.1, 0.15) is 41.6 Å². The monoisotopic (exact) mass is 411 g/mol. The Balaban J connectivity index is 1.44. The second-order valence-electron chi connectivity index (χ2n) is 7.38. The van der Waals surface area contributed by atoms with Crippen LogP contribution >= 0.6 is 11.6 Å². The standard InChI is InChI=1S/C21H22ClN5O2/c1-2-19(28)25-16-7-6-13-12-27(20(29)18(13)9-16)17-5-3-4-15(8-17)26-21-23-10-14(22)11-24-21/h2,6-7,9-11,15,17H,1,3-5,8,12H2,(H,25,28)(H,23,24,26)/t15-,17+/m1/s1. The van der Waals surface area contributed by atoms with Crippen LogP contribution in [-0.2, 0) is 11.3 Å². The van der Waals surface area contributed by atoms with E-state index >= 15 is 0 Å². The number of halogens is 1. The molecule has 2 atom stereocenters. The first kappa shape index (κ1) is 19.4. The maximum absolute atomic E-state index is 13.0. The highest BCUT2D eigenvalue weighted by molar-refractivity contribution is 6.30. The maximum atomic E-state index is 13.0. The van der Waals surface area contributed by atoms with Crippen LogP contribution < -0.4 is 10.6 Å². The van der Waals surface area contributed by atoms with Crippen molar-refractivity contribution in [2.24, 2.45) is 0 Å². The molecule has 0 saturated heterocycles. The Morgan fingerprint density at radius 1 is 1.28 bits per heavy atom. The molecular weight excluding hydrogens is 390 g/mol. The molecule has 2 aliphatic rings. The van der Waals surface area contributed by atoms with Crippen molar-refractivity contribution in [1.29, 1.82) is 0 Å². The lowest BCUT2D eigenvalue weighted by molar-refractivity contribution is -0.111. The fourth-order valence-electron chi connectivity index (χ4n) is 4.04. The van der Waals surface area contributed by atoms with E-state index in [4.69, 9.17) is 11.6 Å². The van der Waals surface area contributed by atoms with E-state index in [0.717, 1.165) is 31.2 Å². The van der Waals surface area contributed by atoms with Gasteiger partial charge in [-0.3, -0.25) is 9.59 Å². The van der Waals surface area contributed by atoms with E-state index in [-0.39, 0.29) is 23.9 Å². The molecule has 150 valence electrons. The van der Waals surface area contributed by atoms with Crippen molar-refractivity contribution in [3.8, 4) is 0 Å². The summed E-state index contributed by atoms with van der Waals surface area (Å²) in [5.41, 5.74) is 2.25. The average Bonchev–Trinajstić information content (AvgIpc) is 3.06. The number of nitrogens with zero attached hydrogens (tertiary/aromatic N) is 3. The largest absolute Gasteiger partial charge is 0.351 e. The summed E-state index contributed by atoms with van der Waals surface area (Å²) < 4.78 is 0. The van der Waals surface area contributed by atoms with Crippen molar-refractivity contribution in [2.45, 2.75) is 44.3 Å². The Hall–Kier alpha value is -2.93. The van der Waals surface area contributed by atoms with Gasteiger partial charge in [-0.05, 0) is 49.5 Å². The third-order valence-electron chi connectivity index (χ3n) is 5.44. The van der Waals surface area contributed by atoms with Crippen molar-refractivity contribution in [3.05, 3.63) is 59.4 Å². The minimum atomic E-state index is -0.294. The summed E-state index contributed by atoms with van der Waals surface area (Å²) >= 11 is 5.85. The predicted molar refractivity (Wildman–Crippen MR) is 112 cm³/mol. The van der Waals surface area contributed by atoms with Crippen LogP contribution in [-0.4, -0.2) is 38.8 Å². The Kier molecular flexibility index (Phi) is 5.49. The lowest BCUT2D eigenvalue weighted by atomic mass is 9.90. The van der Waals surface area contributed by atoms with Crippen molar-refractivity contribution < 1.29 is 9.59 Å². The molecule has 1 aliphatic heterocycles. The molecular formula is C21H22ClN5O2. The summed E-state index contributed by atoms with van der Waals surface area (Å²) in [5, 5.41) is 6.57. The smallest absolute Gasteiger partial charge is 0.254 e. The molecule has 2 amide bonds. The van der Waals surface area contributed by atoms with E-state index in [1.807, 2.05) is 17.0 Å². The molecule has 2 heterocycles. The van der Waals surface area contributed by atoms with Crippen LogP contribution in [0.25, 0.3) is 0 Å². The van der Waals surface area contributed by atoms with Gasteiger partial charge in [0.25, 0.3) is 5.91 Å². The molecule has 1 fully saturated rings. The predicted octanol–water partition coefficient (Wildman–Crippen LogP) is 3.63. The molecule has 1 aliphatic carbocycles. The van der Waals surface area contributed by atoms with E-state index < -0.39 is 0 Å². The lowest BCUT2D eigenvalue weighted by Gasteiger charge is -2.35. The van der Waals surface area contributed by atoms with Crippen molar-refractivity contribution >= 4 is 35.1 Å². The van der Waals surface area contributed by atoms with Crippen LogP contribution in [0.5, 0.6) is 0 Å². The number of nitrogens with one attached hydrogen (secondary N) is 2. The SMILES string of the molecule is C=CC(=O)Nc1ccc2c(c1)C(=O)N([C@H]1CCC[C@@H](Nc3ncc(Cl)cn3)C1)C2. The third kappa shape index (κ3) is 4.24. The van der Waals surface area contributed by atoms with Gasteiger partial charge < -0.3 is 15.5 Å². The number of amides is 2. The first-order valence-electron chi connectivity index (χ1n) is 9.65. The molecule has 1 aromatic heterocycles. The summed E-state index contributed by atoms with van der Waals surface area (Å²) in [4.78, 5) is 34.9. The van der Waals surface area contributed by atoms with Gasteiger partial charge in [0.05, 0.1) is 17.4 Å². The molecule has 1 saturated carbocycles. The summed E-state index contributed by atoms with van der Waals surface area (Å²) in [6, 6.07) is 5.83. The molecule has 4 rings (SSSR count). The van der Waals surface area contributed by atoms with Gasteiger partial charge in [0.2, 0.25) is 11.9 Å². The normalized spacial score (nSPS) is 20.9. The van der Waals surface area contributed by atoms with Gasteiger partial charge in [-0.2, -0.15) is 0 Å². The van der Waals surface area contributed by atoms with Crippen molar-refractivity contribution in [3.63, 3.8) is 0 Å². The first-order valence-corrected chi connectivity index (χ1v) is 10.0. The van der Waals surface area contributed by atoms with Gasteiger partial charge in [0, 0.05) is 29.9 Å². The first-order chi connectivity index (χ1) is 14.0. The number of carbonyl (C=O) groups excluding carboxylic acids is 2. The van der Waals surface area contributed by atoms with E-state index in [1.165, 1.54) is 6.08 Å². The maximum Gasteiger partial charge on any atom is 0.254 e. The van der Waals surface area contributed by atoms with Gasteiger partial charge in [-0.15, -0.1) is 0 Å². The van der Waals surface area contributed by atoms with Crippen LogP contribution in [0.4, 0.5) is 11.6 Å². The Labute approximate surface area is 174 Å². The molecule has 8 heteroatoms. The number of carbonyl (C=O) groups is 2. The van der Waals surface area contributed by atoms with E-state index in [1.54, 1.807) is 18.5 Å². The second kappa shape index (κ2) is 8.21. The summed E-state index contributed by atoms with van der Waals surface area (Å²) in [6.07, 6.45) is 8.19. The Morgan fingerprint density at radius 3 is 2.83 bits per heavy atom. The minimum Gasteiger partial charge on any atom is -0.351 e. The number of aromatic nitrogens is 2. The quantitative estimate of drug-likeness (QED) is 0.733. The van der Waals surface area contributed by atoms with Crippen LogP contribution in [0.3, 0.4) is 0 Å². The van der Waals surface area contributed by atoms with Gasteiger partial charge in [0.15, 0.2) is 0 Å². The van der Waals surface area contributed by atoms with Gasteiger partial charge in [0.1, 0.15) is 0 Å². The number of hydrogen-bond acceptors (Lipinski definition) is 5. The molecule has 0 bridgehead atoms. The molecule has 0 spiro atoms. The fourth-order valence-corrected chi connectivity index (χ4v) is 4.13. The molecule has 1 aromatic carbocycles. The van der Waals surface area contributed by atoms with Crippen molar-refractivity contribution in [2.75, 3.05) is 10.6 Å². The lowest BCUT2D eigenvalue weighted by Crippen LogP contribution is -2.42. The van der Waals surface area contributed by atoms with Crippen molar-refractivity contribution in [1.82, 2.24) is 14.9 Å². The summed E-state index contributed by atoms with van der Waals surface area (Å²) in [6.45, 7) is 4.05. The van der Waals surface area contributed by atoms with Crippen LogP contribution in [0.2, 0.25) is 5.02 Å².